The zero-order chi connectivity index (χ0) is 27.7. The third-order valence-electron chi connectivity index (χ3n) is 6.81. The number of rotatable bonds is 9. The number of carbonyl (C=O) groups is 1. The van der Waals surface area contributed by atoms with Crippen LogP contribution < -0.4 is 9.70 Å². The SMILES string of the molecule is CCc1sc(N2CCCc3c2nnc(/N=c2\sc4ccccc4n2COCC[Si](C)(C)C)c3C)nc1C(=O)O. The van der Waals surface area contributed by atoms with Crippen LogP contribution in [0.1, 0.15) is 39.8 Å². The first-order valence-corrected chi connectivity index (χ1v) is 18.6. The van der Waals surface area contributed by atoms with Crippen molar-refractivity contribution in [1.29, 1.82) is 0 Å². The third-order valence-corrected chi connectivity index (χ3v) is 10.8. The molecule has 0 unspecified atom stereocenters. The largest absolute Gasteiger partial charge is 0.476 e. The summed E-state index contributed by atoms with van der Waals surface area (Å²) < 4.78 is 9.38. The first kappa shape index (κ1) is 27.6. The summed E-state index contributed by atoms with van der Waals surface area (Å²) in [6.07, 6.45) is 2.40. The molecule has 39 heavy (non-hydrogen) atoms. The Morgan fingerprint density at radius 3 is 2.72 bits per heavy atom. The number of thiazole rings is 2. The average Bonchev–Trinajstić information content (AvgIpc) is 3.49. The van der Waals surface area contributed by atoms with Gasteiger partial charge in [0.1, 0.15) is 6.73 Å². The monoisotopic (exact) mass is 582 g/mol. The Bertz CT molecular complexity index is 1590. The summed E-state index contributed by atoms with van der Waals surface area (Å²) in [6, 6.07) is 9.38. The van der Waals surface area contributed by atoms with Gasteiger partial charge in [-0.15, -0.1) is 21.5 Å². The summed E-state index contributed by atoms with van der Waals surface area (Å²) in [5.41, 5.74) is 3.29. The second-order valence-electron chi connectivity index (χ2n) is 10.9. The number of aromatic nitrogens is 4. The predicted molar refractivity (Wildman–Crippen MR) is 160 cm³/mol. The molecule has 0 saturated heterocycles. The molecule has 4 heterocycles. The standard InChI is InChI=1S/C27H34N6O3S2Si/c1-6-20-22(25(34)35)28-26(37-20)32-13-9-10-18-17(2)23(30-31-24(18)32)29-27-33(16-36-14-15-39(3,4)5)19-11-7-8-12-21(19)38-27/h7-8,11-12H,6,9-10,13-16H2,1-5H3,(H,34,35)/b29-27-. The normalized spacial score (nSPS) is 14.3. The number of aromatic carboxylic acids is 1. The van der Waals surface area contributed by atoms with E-state index in [-0.39, 0.29) is 5.69 Å². The molecule has 3 aromatic heterocycles. The number of para-hydroxylation sites is 1. The molecule has 1 aromatic carbocycles. The van der Waals surface area contributed by atoms with Crippen LogP contribution in [0.5, 0.6) is 0 Å². The molecule has 0 aliphatic carbocycles. The fourth-order valence-electron chi connectivity index (χ4n) is 4.58. The Morgan fingerprint density at radius 1 is 1.21 bits per heavy atom. The van der Waals surface area contributed by atoms with Crippen LogP contribution >= 0.6 is 22.7 Å². The highest BCUT2D eigenvalue weighted by Gasteiger charge is 2.28. The van der Waals surface area contributed by atoms with E-state index in [9.17, 15) is 9.90 Å². The van der Waals surface area contributed by atoms with E-state index >= 15 is 0 Å². The molecule has 206 valence electrons. The minimum Gasteiger partial charge on any atom is -0.476 e. The number of ether oxygens (including phenoxy) is 1. The van der Waals surface area contributed by atoms with Gasteiger partial charge in [-0.25, -0.2) is 9.78 Å². The van der Waals surface area contributed by atoms with Crippen LogP contribution in [-0.4, -0.2) is 52.0 Å². The maximum absolute atomic E-state index is 11.7. The fraction of sp³-hybridized carbons (Fsp3) is 0.444. The topological polar surface area (TPSA) is 106 Å². The summed E-state index contributed by atoms with van der Waals surface area (Å²) in [7, 11) is -1.18. The lowest BCUT2D eigenvalue weighted by Crippen LogP contribution is -2.27. The molecular weight excluding hydrogens is 549 g/mol. The van der Waals surface area contributed by atoms with Crippen LogP contribution in [0.2, 0.25) is 25.7 Å². The summed E-state index contributed by atoms with van der Waals surface area (Å²) in [4.78, 5) is 24.7. The van der Waals surface area contributed by atoms with Gasteiger partial charge in [-0.3, -0.25) is 4.57 Å². The lowest BCUT2D eigenvalue weighted by Gasteiger charge is -2.28. The Hall–Kier alpha value is -2.93. The smallest absolute Gasteiger partial charge is 0.355 e. The molecule has 1 aliphatic heterocycles. The average molecular weight is 583 g/mol. The van der Waals surface area contributed by atoms with Crippen LogP contribution in [0.25, 0.3) is 10.2 Å². The van der Waals surface area contributed by atoms with Gasteiger partial charge < -0.3 is 14.7 Å². The maximum Gasteiger partial charge on any atom is 0.355 e. The van der Waals surface area contributed by atoms with E-state index in [1.54, 1.807) is 11.3 Å². The van der Waals surface area contributed by atoms with Crippen molar-refractivity contribution in [3.05, 3.63) is 50.8 Å². The molecule has 0 fully saturated rings. The van der Waals surface area contributed by atoms with Crippen molar-refractivity contribution in [2.45, 2.75) is 65.5 Å². The number of carboxylic acids is 1. The van der Waals surface area contributed by atoms with Crippen molar-refractivity contribution in [2.24, 2.45) is 4.99 Å². The Kier molecular flexibility index (Phi) is 7.99. The number of aryl methyl sites for hydroxylation is 1. The predicted octanol–water partition coefficient (Wildman–Crippen LogP) is 6.15. The quantitative estimate of drug-likeness (QED) is 0.186. The summed E-state index contributed by atoms with van der Waals surface area (Å²) >= 11 is 3.03. The van der Waals surface area contributed by atoms with Gasteiger partial charge in [-0.05, 0) is 44.4 Å². The molecule has 9 nitrogen and oxygen atoms in total. The maximum atomic E-state index is 11.7. The minimum absolute atomic E-state index is 0.127. The Labute approximate surface area is 236 Å². The first-order chi connectivity index (χ1) is 18.7. The second-order valence-corrected chi connectivity index (χ2v) is 18.6. The number of benzene rings is 1. The molecule has 0 saturated carbocycles. The van der Waals surface area contributed by atoms with E-state index in [4.69, 9.17) is 9.73 Å². The van der Waals surface area contributed by atoms with Crippen molar-refractivity contribution in [2.75, 3.05) is 18.1 Å². The van der Waals surface area contributed by atoms with Crippen LogP contribution in [0, 0.1) is 6.92 Å². The van der Waals surface area contributed by atoms with E-state index in [0.717, 1.165) is 68.9 Å². The van der Waals surface area contributed by atoms with Gasteiger partial charge in [-0.1, -0.05) is 50.0 Å². The van der Waals surface area contributed by atoms with Crippen molar-refractivity contribution >= 4 is 63.7 Å². The number of carboxylic acid groups (broad SMARTS) is 1. The van der Waals surface area contributed by atoms with Gasteiger partial charge in [0.15, 0.2) is 27.3 Å². The van der Waals surface area contributed by atoms with Crippen LogP contribution in [0.3, 0.4) is 0 Å². The van der Waals surface area contributed by atoms with E-state index in [1.807, 2.05) is 30.9 Å². The Balaban J connectivity index is 1.51. The van der Waals surface area contributed by atoms with E-state index in [0.29, 0.717) is 24.1 Å². The van der Waals surface area contributed by atoms with E-state index in [1.165, 1.54) is 11.3 Å². The lowest BCUT2D eigenvalue weighted by atomic mass is 10.0. The van der Waals surface area contributed by atoms with Gasteiger partial charge in [0.25, 0.3) is 0 Å². The highest BCUT2D eigenvalue weighted by atomic mass is 32.1. The van der Waals surface area contributed by atoms with Crippen LogP contribution in [-0.2, 0) is 24.3 Å². The number of anilines is 2. The number of fused-ring (bicyclic) bond motifs is 2. The molecule has 0 bridgehead atoms. The number of hydrogen-bond acceptors (Lipinski definition) is 9. The second kappa shape index (κ2) is 11.3. The molecule has 12 heteroatoms. The van der Waals surface area contributed by atoms with Crippen molar-refractivity contribution < 1.29 is 14.6 Å². The third kappa shape index (κ3) is 5.83. The molecule has 0 radical (unpaired) electrons. The summed E-state index contributed by atoms with van der Waals surface area (Å²) in [5, 5.41) is 19.4. The van der Waals surface area contributed by atoms with Gasteiger partial charge in [0.2, 0.25) is 0 Å². The summed E-state index contributed by atoms with van der Waals surface area (Å²) in [6.45, 7) is 12.9. The zero-order valence-corrected chi connectivity index (χ0v) is 25.7. The fourth-order valence-corrected chi connectivity index (χ4v) is 7.37. The van der Waals surface area contributed by atoms with Crippen LogP contribution in [0.4, 0.5) is 16.8 Å². The molecule has 0 spiro atoms. The van der Waals surface area contributed by atoms with Crippen molar-refractivity contribution in [3.8, 4) is 0 Å². The van der Waals surface area contributed by atoms with E-state index < -0.39 is 14.0 Å². The molecule has 1 aliphatic rings. The highest BCUT2D eigenvalue weighted by Crippen LogP contribution is 2.38. The van der Waals surface area contributed by atoms with E-state index in [2.05, 4.69) is 51.5 Å². The van der Waals surface area contributed by atoms with Crippen molar-refractivity contribution in [3.63, 3.8) is 0 Å². The highest BCUT2D eigenvalue weighted by molar-refractivity contribution is 7.16. The Morgan fingerprint density at radius 2 is 2.00 bits per heavy atom. The molecular formula is C27H34N6O3S2Si. The first-order valence-electron chi connectivity index (χ1n) is 13.2. The molecule has 0 atom stereocenters. The van der Waals surface area contributed by atoms with Gasteiger partial charge in [0, 0.05) is 37.2 Å². The summed E-state index contributed by atoms with van der Waals surface area (Å²) in [5.74, 6) is 0.339. The lowest BCUT2D eigenvalue weighted by molar-refractivity contribution is 0.0690. The minimum atomic E-state index is -1.18. The molecule has 0 amide bonds. The number of nitrogens with zero attached hydrogens (tertiary/aromatic N) is 6. The van der Waals surface area contributed by atoms with Crippen LogP contribution in [0.15, 0.2) is 29.3 Å². The van der Waals surface area contributed by atoms with Crippen molar-refractivity contribution in [1.82, 2.24) is 19.7 Å². The number of hydrogen-bond donors (Lipinski definition) is 1. The molecule has 5 rings (SSSR count). The van der Waals surface area contributed by atoms with Gasteiger partial charge in [0.05, 0.1) is 10.2 Å². The van der Waals surface area contributed by atoms with Gasteiger partial charge >= 0.3 is 5.97 Å². The molecule has 1 N–H and O–H groups in total. The zero-order valence-electron chi connectivity index (χ0n) is 23.0. The van der Waals surface area contributed by atoms with Gasteiger partial charge in [-0.2, -0.15) is 4.99 Å². The molecule has 4 aromatic rings.